The number of aromatic nitrogens is 6. The molecule has 2 saturated carbocycles. The maximum Gasteiger partial charge on any atom is 0.251 e. The van der Waals surface area contributed by atoms with E-state index in [9.17, 15) is 14.7 Å². The van der Waals surface area contributed by atoms with Gasteiger partial charge >= 0.3 is 0 Å². The number of carbonyl (C=O) groups is 2. The predicted octanol–water partition coefficient (Wildman–Crippen LogP) is 10.9. The van der Waals surface area contributed by atoms with Crippen LogP contribution in [0, 0.1) is 25.7 Å². The Morgan fingerprint density at radius 1 is 0.667 bits per heavy atom. The molecule has 2 aliphatic carbocycles. The van der Waals surface area contributed by atoms with Gasteiger partial charge in [-0.15, -0.1) is 0 Å². The van der Waals surface area contributed by atoms with Gasteiger partial charge in [0.25, 0.3) is 11.8 Å². The van der Waals surface area contributed by atoms with Crippen LogP contribution in [0.15, 0.2) is 99.7 Å². The normalized spacial score (nSPS) is 16.5. The van der Waals surface area contributed by atoms with Crippen LogP contribution in [0.2, 0.25) is 0 Å². The summed E-state index contributed by atoms with van der Waals surface area (Å²) in [6.45, 7) is 5.81. The Balaban J connectivity index is 0.000000164. The summed E-state index contributed by atoms with van der Waals surface area (Å²) in [6, 6.07) is 23.8. The van der Waals surface area contributed by atoms with Gasteiger partial charge in [0.1, 0.15) is 15.4 Å². The Kier molecular flexibility index (Phi) is 14.7. The molecule has 5 N–H and O–H groups in total. The summed E-state index contributed by atoms with van der Waals surface area (Å²) in [5, 5.41) is 33.8. The zero-order valence-electron chi connectivity index (χ0n) is 38.8. The van der Waals surface area contributed by atoms with Crippen molar-refractivity contribution in [1.82, 2.24) is 39.8 Å². The Morgan fingerprint density at radius 3 is 1.67 bits per heavy atom. The van der Waals surface area contributed by atoms with E-state index >= 15 is 0 Å². The first kappa shape index (κ1) is 47.4. The molecule has 4 aromatic heterocycles. The third-order valence-electron chi connectivity index (χ3n) is 13.1. The number of phenols is 1. The number of fused-ring (bicyclic) bond motifs is 2. The molecule has 0 unspecified atom stereocenters. The van der Waals surface area contributed by atoms with Gasteiger partial charge in [-0.3, -0.25) is 9.59 Å². The highest BCUT2D eigenvalue weighted by atomic mass is 79.9. The van der Waals surface area contributed by atoms with Gasteiger partial charge in [0.2, 0.25) is 0 Å². The summed E-state index contributed by atoms with van der Waals surface area (Å²) in [5.74, 6) is 6.54. The van der Waals surface area contributed by atoms with E-state index in [0.29, 0.717) is 29.5 Å². The Hall–Kier alpha value is -5.23. The van der Waals surface area contributed by atoms with Gasteiger partial charge in [-0.05, 0) is 182 Å². The highest BCUT2D eigenvalue weighted by Crippen LogP contribution is 2.35. The lowest BCUT2D eigenvalue weighted by atomic mass is 10.0. The van der Waals surface area contributed by atoms with Gasteiger partial charge in [-0.25, -0.2) is 19.0 Å². The molecular formula is C52H57BrN10O3S3. The maximum absolute atomic E-state index is 12.6. The summed E-state index contributed by atoms with van der Waals surface area (Å²) >= 11 is 9.15. The Labute approximate surface area is 423 Å². The van der Waals surface area contributed by atoms with Crippen molar-refractivity contribution in [2.24, 2.45) is 11.8 Å². The molecule has 4 aliphatic rings. The number of nitrogens with one attached hydrogen (secondary N) is 4. The van der Waals surface area contributed by atoms with Crippen molar-refractivity contribution in [3.8, 4) is 28.3 Å². The fourth-order valence-corrected chi connectivity index (χ4v) is 12.5. The number of aromatic hydroxyl groups is 1. The van der Waals surface area contributed by atoms with E-state index in [-0.39, 0.29) is 17.6 Å². The number of benzene rings is 3. The second-order valence-electron chi connectivity index (χ2n) is 18.6. The predicted molar refractivity (Wildman–Crippen MR) is 284 cm³/mol. The van der Waals surface area contributed by atoms with Gasteiger partial charge < -0.3 is 26.4 Å². The standard InChI is InChI=1S/C29H31N5O2S2.C23H26BrN5OS/c1-18-13-20(5-8-24(18)29(36)32-21-6-7-21)26-17-31-28-25(30-16-19-9-11-37-12-10-19)15-27(33-34(26)28)38-23-4-2-3-22(35)14-23;1-14-10-16(2-5-18(14)23(30)27-17-3-4-17)20-13-26-22-19(11-21(24)28-29(20)22)25-12-15-6-8-31-9-7-15/h2-5,8,13-15,17,19,21,30,35H,6-7,9-12,16H2,1H3,(H,32,36);2,5,10-11,13,15,17,25H,3-4,6-9,12H2,1H3,(H,27,30). The summed E-state index contributed by atoms with van der Waals surface area (Å²) in [5.41, 5.74) is 10.6. The van der Waals surface area contributed by atoms with E-state index in [1.54, 1.807) is 12.1 Å². The molecule has 0 bridgehead atoms. The monoisotopic (exact) mass is 1040 g/mol. The lowest BCUT2D eigenvalue weighted by Gasteiger charge is -2.22. The number of phenolic OH excluding ortho intramolecular Hbond substituents is 1. The molecule has 69 heavy (non-hydrogen) atoms. The van der Waals surface area contributed by atoms with Crippen LogP contribution in [-0.2, 0) is 0 Å². The number of halogens is 1. The second kappa shape index (κ2) is 21.4. The van der Waals surface area contributed by atoms with Crippen molar-refractivity contribution in [3.05, 3.63) is 112 Å². The van der Waals surface area contributed by atoms with E-state index in [1.807, 2.05) is 113 Å². The fourth-order valence-electron chi connectivity index (χ4n) is 8.80. The number of aryl methyl sites for hydroxylation is 2. The largest absolute Gasteiger partial charge is 0.508 e. The first-order valence-electron chi connectivity index (χ1n) is 24.0. The van der Waals surface area contributed by atoms with Crippen molar-refractivity contribution in [3.63, 3.8) is 0 Å². The molecular weight excluding hydrogens is 989 g/mol. The van der Waals surface area contributed by atoms with Crippen molar-refractivity contribution in [2.45, 2.75) is 87.2 Å². The van der Waals surface area contributed by atoms with Gasteiger partial charge in [0, 0.05) is 52.3 Å². The average Bonchev–Trinajstić information content (AvgIpc) is 4.27. The van der Waals surface area contributed by atoms with Crippen LogP contribution in [0.5, 0.6) is 5.75 Å². The number of nitrogens with zero attached hydrogens (tertiary/aromatic N) is 6. The first-order chi connectivity index (χ1) is 33.6. The number of imidazole rings is 2. The molecule has 2 saturated heterocycles. The molecule has 13 nitrogen and oxygen atoms in total. The van der Waals surface area contributed by atoms with Gasteiger partial charge in [-0.1, -0.05) is 30.0 Å². The zero-order valence-corrected chi connectivity index (χ0v) is 42.9. The van der Waals surface area contributed by atoms with E-state index < -0.39 is 0 Å². The second-order valence-corrected chi connectivity index (χ2v) is 22.9. The molecule has 0 radical (unpaired) electrons. The number of rotatable bonds is 14. The number of hydrogen-bond acceptors (Lipinski definition) is 12. The van der Waals surface area contributed by atoms with E-state index in [0.717, 1.165) is 115 Å². The van der Waals surface area contributed by atoms with Crippen LogP contribution < -0.4 is 21.3 Å². The summed E-state index contributed by atoms with van der Waals surface area (Å²) in [6.07, 6.45) is 13.0. The maximum atomic E-state index is 12.6. The highest BCUT2D eigenvalue weighted by Gasteiger charge is 2.26. The highest BCUT2D eigenvalue weighted by molar-refractivity contribution is 9.10. The van der Waals surface area contributed by atoms with Gasteiger partial charge in [0.15, 0.2) is 11.3 Å². The first-order valence-corrected chi connectivity index (χ1v) is 27.9. The average molecular weight is 1050 g/mol. The van der Waals surface area contributed by atoms with E-state index in [1.165, 1.54) is 60.5 Å². The number of hydrogen-bond donors (Lipinski definition) is 5. The van der Waals surface area contributed by atoms with Crippen molar-refractivity contribution in [2.75, 3.05) is 46.7 Å². The minimum atomic E-state index is -0.00906. The molecule has 6 heterocycles. The number of amides is 2. The fraction of sp³-hybridized carbons (Fsp3) is 0.385. The minimum Gasteiger partial charge on any atom is -0.508 e. The third kappa shape index (κ3) is 11.7. The third-order valence-corrected chi connectivity index (χ3v) is 16.5. The lowest BCUT2D eigenvalue weighted by Crippen LogP contribution is -2.26. The lowest BCUT2D eigenvalue weighted by molar-refractivity contribution is 0.0942. The van der Waals surface area contributed by atoms with Crippen LogP contribution in [0.25, 0.3) is 33.8 Å². The van der Waals surface area contributed by atoms with Crippen LogP contribution >= 0.6 is 51.2 Å². The molecule has 358 valence electrons. The summed E-state index contributed by atoms with van der Waals surface area (Å²) in [7, 11) is 0. The molecule has 7 aromatic rings. The van der Waals surface area contributed by atoms with Crippen molar-refractivity contribution >= 4 is 85.7 Å². The molecule has 2 amide bonds. The number of thioether (sulfide) groups is 2. The number of anilines is 2. The summed E-state index contributed by atoms with van der Waals surface area (Å²) < 4.78 is 4.53. The Morgan fingerprint density at radius 2 is 1.17 bits per heavy atom. The molecule has 11 rings (SSSR count). The van der Waals surface area contributed by atoms with Gasteiger partial charge in [0.05, 0.1) is 35.2 Å². The SMILES string of the molecule is Cc1cc(-c2cnc3c(NCC4CCSCC4)cc(Br)nn23)ccc1C(=O)NC1CC1.Cc1cc(-c2cnc3c(NCC4CCSCC4)cc(Sc4cccc(O)c4)nn23)ccc1C(=O)NC1CC1. The zero-order chi connectivity index (χ0) is 47.4. The van der Waals surface area contributed by atoms with Crippen LogP contribution in [0.3, 0.4) is 0 Å². The van der Waals surface area contributed by atoms with E-state index in [2.05, 4.69) is 53.3 Å². The number of carbonyl (C=O) groups excluding carboxylic acids is 2. The van der Waals surface area contributed by atoms with Crippen molar-refractivity contribution < 1.29 is 14.7 Å². The summed E-state index contributed by atoms with van der Waals surface area (Å²) in [4.78, 5) is 35.4. The van der Waals surface area contributed by atoms with Gasteiger partial charge in [-0.2, -0.15) is 33.7 Å². The molecule has 17 heteroatoms. The Bertz CT molecular complexity index is 3000. The van der Waals surface area contributed by atoms with Crippen LogP contribution in [-0.4, -0.2) is 94.3 Å². The van der Waals surface area contributed by atoms with Crippen LogP contribution in [0.4, 0.5) is 11.4 Å². The molecule has 2 aliphatic heterocycles. The molecule has 0 atom stereocenters. The molecule has 3 aromatic carbocycles. The van der Waals surface area contributed by atoms with Crippen LogP contribution in [0.1, 0.15) is 83.2 Å². The van der Waals surface area contributed by atoms with E-state index in [4.69, 9.17) is 10.1 Å². The molecule has 4 fully saturated rings. The quantitative estimate of drug-likeness (QED) is 0.0702. The smallest absolute Gasteiger partial charge is 0.251 e. The topological polar surface area (TPSA) is 163 Å². The minimum absolute atomic E-state index is 0.00906. The molecule has 0 spiro atoms. The van der Waals surface area contributed by atoms with Crippen molar-refractivity contribution in [1.29, 1.82) is 0 Å².